The fraction of sp³-hybridized carbons (Fsp3) is 0.618. The molecular weight excluding hydrogens is 635 g/mol. The molecule has 2 unspecified atom stereocenters. The molecular formula is C34H49ClF3N3O2SSi. The Morgan fingerprint density at radius 1 is 0.978 bits per heavy atom. The second kappa shape index (κ2) is 14.2. The van der Waals surface area contributed by atoms with E-state index in [-0.39, 0.29) is 23.3 Å². The van der Waals surface area contributed by atoms with Crippen LogP contribution in [-0.2, 0) is 17.3 Å². The van der Waals surface area contributed by atoms with Crippen molar-refractivity contribution in [2.75, 3.05) is 45.8 Å². The van der Waals surface area contributed by atoms with Gasteiger partial charge in [-0.2, -0.15) is 13.2 Å². The number of aryl methyl sites for hydroxylation is 1. The SMILES string of the molecule is Cc1cc(C(=S)N2CCN(CCN3CC(C)OC(C)C3)C[C@H]2Cc2ccc(Cl)c(O[Si](C)(C)C(C)(C)C)c2)cc(C(F)(F)F)c1. The van der Waals surface area contributed by atoms with Gasteiger partial charge in [-0.15, -0.1) is 0 Å². The number of thiocarbonyl (C=S) groups is 1. The molecule has 2 aliphatic rings. The molecule has 3 atom stereocenters. The van der Waals surface area contributed by atoms with Crippen molar-refractivity contribution in [3.05, 3.63) is 63.7 Å². The lowest BCUT2D eigenvalue weighted by atomic mass is 9.99. The first-order chi connectivity index (χ1) is 20.8. The maximum absolute atomic E-state index is 13.7. The number of piperazine rings is 1. The van der Waals surface area contributed by atoms with Crippen LogP contribution in [0.15, 0.2) is 36.4 Å². The standard InChI is InChI=1S/C34H49ClF3N3O2SSi/c1-23-15-27(19-28(16-23)34(36,37)38)32(44)41-14-13-39(11-12-40-20-24(2)42-25(3)21-40)22-29(41)17-26-9-10-30(35)31(18-26)43-45(7,8)33(4,5)6/h9-10,15-16,18-19,24-25,29H,11-14,17,20-22H2,1-8H3/t24?,25?,29-/m1/s1. The van der Waals surface area contributed by atoms with Gasteiger partial charge in [0.05, 0.1) is 22.8 Å². The molecule has 0 aliphatic carbocycles. The Balaban J connectivity index is 1.59. The van der Waals surface area contributed by atoms with Crippen molar-refractivity contribution in [1.82, 2.24) is 14.7 Å². The Labute approximate surface area is 279 Å². The topological polar surface area (TPSA) is 28.2 Å². The van der Waals surface area contributed by atoms with E-state index in [2.05, 4.69) is 62.4 Å². The maximum atomic E-state index is 13.7. The number of benzene rings is 2. The third kappa shape index (κ3) is 9.44. The van der Waals surface area contributed by atoms with E-state index in [0.29, 0.717) is 39.9 Å². The van der Waals surface area contributed by atoms with Crippen LogP contribution in [0.3, 0.4) is 0 Å². The normalized spacial score (nSPS) is 22.5. The zero-order valence-corrected chi connectivity index (χ0v) is 30.5. The summed E-state index contributed by atoms with van der Waals surface area (Å²) in [4.78, 5) is 7.49. The van der Waals surface area contributed by atoms with Gasteiger partial charge in [0, 0.05) is 57.4 Å². The first kappa shape index (κ1) is 36.1. The van der Waals surface area contributed by atoms with Crippen LogP contribution in [0.5, 0.6) is 5.75 Å². The first-order valence-corrected chi connectivity index (χ1v) is 19.6. The van der Waals surface area contributed by atoms with E-state index in [9.17, 15) is 13.2 Å². The van der Waals surface area contributed by atoms with Crippen LogP contribution in [0, 0.1) is 6.92 Å². The quantitative estimate of drug-likeness (QED) is 0.207. The molecule has 0 spiro atoms. The highest BCUT2D eigenvalue weighted by molar-refractivity contribution is 7.80. The van der Waals surface area contributed by atoms with Crippen molar-refractivity contribution in [2.24, 2.45) is 0 Å². The van der Waals surface area contributed by atoms with E-state index in [0.717, 1.165) is 44.8 Å². The summed E-state index contributed by atoms with van der Waals surface area (Å²) in [5.41, 5.74) is 1.36. The van der Waals surface area contributed by atoms with Crippen molar-refractivity contribution in [2.45, 2.75) is 90.5 Å². The predicted molar refractivity (Wildman–Crippen MR) is 184 cm³/mol. The van der Waals surface area contributed by atoms with Crippen LogP contribution in [0.25, 0.3) is 0 Å². The molecule has 2 aromatic carbocycles. The summed E-state index contributed by atoms with van der Waals surface area (Å²) in [6.07, 6.45) is -3.36. The van der Waals surface area contributed by atoms with Gasteiger partial charge in [-0.3, -0.25) is 9.80 Å². The summed E-state index contributed by atoms with van der Waals surface area (Å²) in [6.45, 7) is 22.7. The summed E-state index contributed by atoms with van der Waals surface area (Å²) in [5, 5.41) is 0.591. The number of alkyl halides is 3. The van der Waals surface area contributed by atoms with E-state index in [4.69, 9.17) is 33.0 Å². The molecule has 0 saturated carbocycles. The fourth-order valence-electron chi connectivity index (χ4n) is 6.00. The molecule has 2 aliphatic heterocycles. The molecule has 0 amide bonds. The number of morpholine rings is 1. The van der Waals surface area contributed by atoms with E-state index < -0.39 is 20.1 Å². The van der Waals surface area contributed by atoms with E-state index in [1.807, 2.05) is 18.2 Å². The molecule has 45 heavy (non-hydrogen) atoms. The largest absolute Gasteiger partial charge is 0.543 e. The van der Waals surface area contributed by atoms with Gasteiger partial charge in [0.1, 0.15) is 10.7 Å². The lowest BCUT2D eigenvalue weighted by Gasteiger charge is -2.44. The van der Waals surface area contributed by atoms with Gasteiger partial charge in [-0.05, 0) is 86.8 Å². The minimum atomic E-state index is -4.44. The van der Waals surface area contributed by atoms with E-state index in [1.165, 1.54) is 12.1 Å². The first-order valence-electron chi connectivity index (χ1n) is 15.9. The van der Waals surface area contributed by atoms with Gasteiger partial charge in [0.15, 0.2) is 0 Å². The molecule has 4 rings (SSSR count). The van der Waals surface area contributed by atoms with Gasteiger partial charge < -0.3 is 14.1 Å². The molecule has 11 heteroatoms. The molecule has 2 saturated heterocycles. The third-order valence-electron chi connectivity index (χ3n) is 9.35. The lowest BCUT2D eigenvalue weighted by molar-refractivity contribution is -0.137. The Bertz CT molecular complexity index is 1340. The van der Waals surface area contributed by atoms with Gasteiger partial charge in [0.2, 0.25) is 0 Å². The number of hydrogen-bond acceptors (Lipinski definition) is 5. The summed E-state index contributed by atoms with van der Waals surface area (Å²) < 4.78 is 53.7. The smallest absolute Gasteiger partial charge is 0.416 e. The van der Waals surface area contributed by atoms with Crippen LogP contribution in [0.2, 0.25) is 23.2 Å². The molecule has 2 aromatic rings. The zero-order valence-electron chi connectivity index (χ0n) is 27.9. The van der Waals surface area contributed by atoms with Gasteiger partial charge >= 0.3 is 6.18 Å². The van der Waals surface area contributed by atoms with Crippen LogP contribution in [0.4, 0.5) is 13.2 Å². The molecule has 0 radical (unpaired) electrons. The molecule has 0 N–H and O–H groups in total. The predicted octanol–water partition coefficient (Wildman–Crippen LogP) is 8.06. The Morgan fingerprint density at radius 2 is 1.62 bits per heavy atom. The van der Waals surface area contributed by atoms with Crippen molar-refractivity contribution in [1.29, 1.82) is 0 Å². The van der Waals surface area contributed by atoms with Crippen molar-refractivity contribution < 1.29 is 22.3 Å². The van der Waals surface area contributed by atoms with Gasteiger partial charge in [-0.1, -0.05) is 50.7 Å². The lowest BCUT2D eigenvalue weighted by Crippen LogP contribution is -2.57. The van der Waals surface area contributed by atoms with Gasteiger partial charge in [-0.25, -0.2) is 0 Å². The van der Waals surface area contributed by atoms with Crippen LogP contribution in [0.1, 0.15) is 56.9 Å². The molecule has 5 nitrogen and oxygen atoms in total. The number of rotatable bonds is 8. The fourth-order valence-corrected chi connectivity index (χ4v) is 7.61. The highest BCUT2D eigenvalue weighted by Gasteiger charge is 2.40. The van der Waals surface area contributed by atoms with Crippen molar-refractivity contribution >= 4 is 37.1 Å². The number of ether oxygens (including phenoxy) is 1. The summed E-state index contributed by atoms with van der Waals surface area (Å²) >= 11 is 12.6. The second-order valence-electron chi connectivity index (χ2n) is 14.4. The second-order valence-corrected chi connectivity index (χ2v) is 19.9. The Kier molecular flexibility index (Phi) is 11.4. The highest BCUT2D eigenvalue weighted by atomic mass is 35.5. The maximum Gasteiger partial charge on any atom is 0.416 e. The molecule has 250 valence electrons. The Morgan fingerprint density at radius 3 is 2.24 bits per heavy atom. The van der Waals surface area contributed by atoms with Crippen LogP contribution >= 0.6 is 23.8 Å². The van der Waals surface area contributed by atoms with Crippen LogP contribution in [-0.4, -0.2) is 92.1 Å². The molecule has 2 heterocycles. The zero-order chi connectivity index (χ0) is 33.3. The molecule has 2 fully saturated rings. The van der Waals surface area contributed by atoms with Gasteiger partial charge in [0.25, 0.3) is 8.32 Å². The summed E-state index contributed by atoms with van der Waals surface area (Å²) in [7, 11) is -2.13. The number of halogens is 4. The monoisotopic (exact) mass is 683 g/mol. The number of hydrogen-bond donors (Lipinski definition) is 0. The number of nitrogens with zero attached hydrogens (tertiary/aromatic N) is 3. The van der Waals surface area contributed by atoms with E-state index in [1.54, 1.807) is 13.0 Å². The van der Waals surface area contributed by atoms with Crippen molar-refractivity contribution in [3.63, 3.8) is 0 Å². The molecule has 0 aromatic heterocycles. The summed E-state index contributed by atoms with van der Waals surface area (Å²) in [5.74, 6) is 0.687. The average molecular weight is 684 g/mol. The van der Waals surface area contributed by atoms with Crippen LogP contribution < -0.4 is 4.43 Å². The summed E-state index contributed by atoms with van der Waals surface area (Å²) in [6, 6.07) is 10.0. The molecule has 0 bridgehead atoms. The average Bonchev–Trinajstić information content (AvgIpc) is 2.91. The minimum absolute atomic E-state index is 0.0122. The third-order valence-corrected chi connectivity index (χ3v) is 14.5. The van der Waals surface area contributed by atoms with E-state index >= 15 is 0 Å². The van der Waals surface area contributed by atoms with Crippen molar-refractivity contribution in [3.8, 4) is 5.75 Å². The highest BCUT2D eigenvalue weighted by Crippen LogP contribution is 2.40. The minimum Gasteiger partial charge on any atom is -0.543 e. The Hall–Kier alpha value is -1.69.